The Morgan fingerprint density at radius 2 is 0.713 bits per heavy atom. The van der Waals surface area contributed by atoms with Crippen LogP contribution < -0.4 is 26.7 Å². The van der Waals surface area contributed by atoms with E-state index in [0.717, 1.165) is 98.2 Å². The van der Waals surface area contributed by atoms with Gasteiger partial charge in [0.05, 0.1) is 51.5 Å². The minimum Gasteiger partial charge on any atom is -0.483 e. The predicted molar refractivity (Wildman–Crippen MR) is 523 cm³/mol. The van der Waals surface area contributed by atoms with Gasteiger partial charge in [0, 0.05) is 75.8 Å². The second-order valence-electron chi connectivity index (χ2n) is 14.3. The molecule has 0 aromatic carbocycles. The van der Waals surface area contributed by atoms with Gasteiger partial charge in [0.1, 0.15) is 13.1 Å². The highest BCUT2D eigenvalue weighted by atomic mass is 32.2. The van der Waals surface area contributed by atoms with Crippen LogP contribution in [0.1, 0.15) is 395 Å². The van der Waals surface area contributed by atoms with Gasteiger partial charge in [-0.2, -0.15) is 23.5 Å². The Balaban J connectivity index is -0.0000000359. The topological polar surface area (TPSA) is 199 Å². The number of ether oxygens (including phenoxy) is 5. The molecule has 10 heterocycles. The maximum atomic E-state index is 4.92. The van der Waals surface area contributed by atoms with Crippen LogP contribution in [-0.2, 0) is 33.4 Å². The first-order valence-electron chi connectivity index (χ1n) is 45.5. The maximum absolute atomic E-state index is 4.92. The Bertz CT molecular complexity index is 846. The normalized spacial score (nSPS) is 14.2. The number of oxime groups is 1. The van der Waals surface area contributed by atoms with E-state index >= 15 is 0 Å². The van der Waals surface area contributed by atoms with Gasteiger partial charge in [-0.15, -0.1) is 11.8 Å². The van der Waals surface area contributed by atoms with Gasteiger partial charge in [-0.25, -0.2) is 4.99 Å². The van der Waals surface area contributed by atoms with Crippen molar-refractivity contribution in [1.82, 2.24) is 26.7 Å². The van der Waals surface area contributed by atoms with E-state index in [0.29, 0.717) is 20.1 Å². The second kappa shape index (κ2) is 296. The van der Waals surface area contributed by atoms with Crippen LogP contribution in [0.5, 0.6) is 0 Å². The number of thioether (sulfide) groups is 3. The fourth-order valence-electron chi connectivity index (χ4n) is 5.34. The van der Waals surface area contributed by atoms with Crippen LogP contribution in [0, 0.1) is 0 Å². The summed E-state index contributed by atoms with van der Waals surface area (Å²) in [6, 6.07) is 0. The largest absolute Gasteiger partial charge is 0.483 e. The van der Waals surface area contributed by atoms with Crippen LogP contribution in [-0.4, -0.2) is 185 Å². The van der Waals surface area contributed by atoms with Crippen LogP contribution >= 0.6 is 35.3 Å². The molecule has 0 spiro atoms. The molecule has 0 atom stereocenters. The first-order valence-corrected chi connectivity index (χ1v) is 48.9. The summed E-state index contributed by atoms with van der Waals surface area (Å²) in [7, 11) is 0. The Hall–Kier alpha value is -2.21. The van der Waals surface area contributed by atoms with Crippen molar-refractivity contribution in [3.8, 4) is 0 Å². The summed E-state index contributed by atoms with van der Waals surface area (Å²) in [5.41, 5.74) is 4.36. The van der Waals surface area contributed by atoms with Gasteiger partial charge in [-0.3, -0.25) is 30.3 Å². The van der Waals surface area contributed by atoms with Gasteiger partial charge < -0.3 is 49.8 Å². The minimum absolute atomic E-state index is 0.278. The van der Waals surface area contributed by atoms with Crippen LogP contribution in [0.2, 0.25) is 0 Å². The molecule has 0 unspecified atom stereocenters. The minimum atomic E-state index is 0.278. The van der Waals surface area contributed by atoms with Crippen LogP contribution in [0.25, 0.3) is 0 Å². The number of aliphatic imine (C=N–C) groups is 5. The number of nitrogens with one attached hydrogen (secondary N) is 5. The molecule has 18 nitrogen and oxygen atoms in total. The van der Waals surface area contributed by atoms with Crippen molar-refractivity contribution in [2.24, 2.45) is 30.1 Å². The lowest BCUT2D eigenvalue weighted by molar-refractivity contribution is -0.0963. The average Bonchev–Trinajstić information content (AvgIpc) is 4.85. The fraction of sp³-hybridized carbons (Fsp3) is 0.931. The maximum Gasteiger partial charge on any atom is 0.257 e. The van der Waals surface area contributed by atoms with Crippen molar-refractivity contribution < 1.29 is 33.4 Å². The highest BCUT2D eigenvalue weighted by Gasteiger charge is 1.98. The Morgan fingerprint density at radius 3 is 0.815 bits per heavy atom. The Kier molecular flexibility index (Phi) is 453. The molecule has 11 rings (SSSR count). The van der Waals surface area contributed by atoms with Crippen molar-refractivity contribution in [1.29, 1.82) is 0 Å². The SMILES string of the molecule is C1=NCCCN1.C1=NCCCO1.C1=NCCCS1.C1=NCCOC1.C1=NCON1.C1=NOCO1.C1CCCCC1.C1CCNCC1.C1CNCCN1.C1COCOC1.C1CSCSC1.CC.CC.CC.CC.CC.CC.CC.CC.CC.CC.CC.CC.CC.CC.CC.CC.CC.CC.CC.CC.CC.CC. The van der Waals surface area contributed by atoms with Gasteiger partial charge in [0.25, 0.3) is 6.79 Å². The third-order valence-corrected chi connectivity index (χ3v) is 12.0. The van der Waals surface area contributed by atoms with Crippen molar-refractivity contribution in [3.63, 3.8) is 0 Å². The number of hydroxylamine groups is 1. The van der Waals surface area contributed by atoms with Gasteiger partial charge >= 0.3 is 0 Å². The van der Waals surface area contributed by atoms with Crippen LogP contribution in [0.3, 0.4) is 0 Å². The van der Waals surface area contributed by atoms with E-state index in [1.807, 2.05) is 310 Å². The summed E-state index contributed by atoms with van der Waals surface area (Å²) >= 11 is 5.92. The average molecular weight is 1630 g/mol. The lowest BCUT2D eigenvalue weighted by Crippen LogP contribution is -2.39. The summed E-state index contributed by atoms with van der Waals surface area (Å²) < 4.78 is 23.8. The molecule has 0 radical (unpaired) electrons. The van der Waals surface area contributed by atoms with E-state index in [-0.39, 0.29) is 6.79 Å². The van der Waals surface area contributed by atoms with Crippen molar-refractivity contribution >= 4 is 72.5 Å². The van der Waals surface area contributed by atoms with E-state index in [2.05, 4.69) is 94.8 Å². The smallest absolute Gasteiger partial charge is 0.257 e. The quantitative estimate of drug-likeness (QED) is 0.153. The molecule has 11 aliphatic rings. The molecule has 0 amide bonds. The van der Waals surface area contributed by atoms with Gasteiger partial charge in [-0.05, 0) is 63.1 Å². The van der Waals surface area contributed by atoms with E-state index < -0.39 is 0 Å². The molecule has 1 saturated carbocycles. The Morgan fingerprint density at radius 1 is 0.296 bits per heavy atom. The predicted octanol–water partition coefficient (Wildman–Crippen LogP) is 28.2. The number of piperazine rings is 1. The molecule has 0 aromatic heterocycles. The molecule has 21 heteroatoms. The molecule has 108 heavy (non-hydrogen) atoms. The van der Waals surface area contributed by atoms with Crippen LogP contribution in [0.4, 0.5) is 0 Å². The van der Waals surface area contributed by atoms with E-state index in [4.69, 9.17) is 18.9 Å². The third-order valence-electron chi connectivity index (χ3n) is 8.71. The zero-order valence-electron chi connectivity index (χ0n) is 82.9. The lowest BCUT2D eigenvalue weighted by atomic mass is 10.0. The molecular formula is C87H217N11O7S3. The third kappa shape index (κ3) is 287. The number of hydrogen-bond donors (Lipinski definition) is 5. The number of nitrogens with zero attached hydrogens (tertiary/aromatic N) is 6. The van der Waals surface area contributed by atoms with Gasteiger partial charge in [0.15, 0.2) is 13.1 Å². The molecule has 4 saturated heterocycles. The monoisotopic (exact) mass is 1620 g/mol. The van der Waals surface area contributed by atoms with Crippen LogP contribution in [0.15, 0.2) is 30.1 Å². The molecule has 5 N–H and O–H groups in total. The molecule has 10 aliphatic heterocycles. The molecule has 0 aromatic rings. The number of hydrogen-bond acceptors (Lipinski definition) is 21. The summed E-state index contributed by atoms with van der Waals surface area (Å²) in [6.45, 7) is 105. The van der Waals surface area contributed by atoms with Gasteiger partial charge in [0.2, 0.25) is 6.40 Å². The summed E-state index contributed by atoms with van der Waals surface area (Å²) in [6.07, 6.45) is 27.1. The highest BCUT2D eigenvalue weighted by molar-refractivity contribution is 8.16. The molecule has 0 bridgehead atoms. The summed E-state index contributed by atoms with van der Waals surface area (Å²) in [4.78, 5) is 28.1. The zero-order valence-corrected chi connectivity index (χ0v) is 85.3. The molecule has 680 valence electrons. The van der Waals surface area contributed by atoms with Crippen molar-refractivity contribution in [2.45, 2.75) is 395 Å². The van der Waals surface area contributed by atoms with E-state index in [1.165, 1.54) is 132 Å². The fourth-order valence-corrected chi connectivity index (χ4v) is 8.25. The van der Waals surface area contributed by atoms with Crippen molar-refractivity contribution in [2.75, 3.05) is 148 Å². The molecular weight excluding hydrogens is 1410 g/mol. The Labute approximate surface area is 700 Å². The summed E-state index contributed by atoms with van der Waals surface area (Å²) in [5.74, 6) is 4.06. The first kappa shape index (κ1) is 165. The number of rotatable bonds is 0. The molecule has 5 fully saturated rings. The van der Waals surface area contributed by atoms with E-state index in [1.54, 1.807) is 24.3 Å². The lowest BCUT2D eigenvalue weighted by Gasteiger charge is -2.11. The highest BCUT2D eigenvalue weighted by Crippen LogP contribution is 2.20. The number of piperidine rings is 1. The summed E-state index contributed by atoms with van der Waals surface area (Å²) in [5, 5.41) is 17.3. The van der Waals surface area contributed by atoms with Crippen molar-refractivity contribution in [3.05, 3.63) is 0 Å². The molecule has 1 aliphatic carbocycles. The first-order chi connectivity index (χ1) is 54.0. The van der Waals surface area contributed by atoms with E-state index in [9.17, 15) is 0 Å². The second-order valence-corrected chi connectivity index (χ2v) is 17.8. The standard InChI is InChI=1S/C6H12.C5H11N.C4H10N2.C4H8N2.2C4H7NO.C4H7NS.C4H8O2.C4H8S2.C2H4N2O.C2H3NO2.22C2H6/c2*1-2-4-6-5-3-1;1-2-6-4-3-5-1;1-2-5-4-6-3-1;1-3-6-4-2-5-1;4*1-2-5-4-6-3-1;1-3-2-5-4-1;1-3-5-2-4-1;22*1-2/h1-6H2;6H,1-5H2;5-6H,1-4H2;4H,1-3H2,(H,5,6);1H,2-4H2;2*4H,1-3H2;2*1-4H2;1H,2H2,(H,3,4);1H,2H2;22*1-2H3. The van der Waals surface area contributed by atoms with Gasteiger partial charge in [-0.1, -0.05) is 355 Å². The zero-order chi connectivity index (χ0) is 89.3.